The summed E-state index contributed by atoms with van der Waals surface area (Å²) in [4.78, 5) is 42.9. The number of likely N-dealkylation sites (N-methyl/N-ethyl adjacent to an activating group) is 1. The average molecular weight is 620 g/mol. The Morgan fingerprint density at radius 2 is 1.66 bits per heavy atom. The molecule has 0 unspecified atom stereocenters. The number of aromatic amines is 1. The number of aromatic nitrogens is 4. The van der Waals surface area contributed by atoms with E-state index in [0.717, 1.165) is 43.8 Å². The quantitative estimate of drug-likeness (QED) is 0.265. The maximum absolute atomic E-state index is 12.9. The number of hydrogen-bond acceptors (Lipinski definition) is 11. The highest BCUT2D eigenvalue weighted by molar-refractivity contribution is 5.86. The van der Waals surface area contributed by atoms with Crippen LogP contribution in [0.2, 0.25) is 0 Å². The molecular formula is C28H32F3N7O6. The van der Waals surface area contributed by atoms with Crippen molar-refractivity contribution in [1.82, 2.24) is 29.7 Å². The molecule has 1 aliphatic heterocycles. The first-order valence-electron chi connectivity index (χ1n) is 13.4. The zero-order valence-corrected chi connectivity index (χ0v) is 24.5. The Kier molecular flexibility index (Phi) is 10.1. The van der Waals surface area contributed by atoms with Crippen LogP contribution < -0.4 is 25.1 Å². The summed E-state index contributed by atoms with van der Waals surface area (Å²) in [6, 6.07) is 8.97. The molecule has 0 amide bonds. The number of aliphatic carboxylic acids is 1. The molecule has 0 radical (unpaired) electrons. The molecule has 2 aromatic heterocycles. The van der Waals surface area contributed by atoms with Crippen LogP contribution in [0.25, 0.3) is 21.8 Å². The molecule has 3 N–H and O–H groups in total. The van der Waals surface area contributed by atoms with Gasteiger partial charge in [-0.1, -0.05) is 0 Å². The average Bonchev–Trinajstić information content (AvgIpc) is 2.97. The van der Waals surface area contributed by atoms with Gasteiger partial charge >= 0.3 is 12.1 Å². The van der Waals surface area contributed by atoms with Crippen LogP contribution in [0.4, 0.5) is 25.1 Å². The van der Waals surface area contributed by atoms with E-state index >= 15 is 0 Å². The maximum atomic E-state index is 12.9. The molecule has 4 aromatic rings. The highest BCUT2D eigenvalue weighted by atomic mass is 19.4. The second-order valence-corrected chi connectivity index (χ2v) is 9.87. The van der Waals surface area contributed by atoms with Crippen LogP contribution in [0, 0.1) is 6.92 Å². The lowest BCUT2D eigenvalue weighted by Gasteiger charge is -2.32. The second kappa shape index (κ2) is 13.7. The zero-order chi connectivity index (χ0) is 32.0. The largest absolute Gasteiger partial charge is 0.493 e. The Morgan fingerprint density at radius 3 is 2.30 bits per heavy atom. The Labute approximate surface area is 249 Å². The standard InChI is InChI=1S/C26H31N7O4.C2HF3O2/c1-16-18-14-22(35-3)23(36-4)15-21(18)29-25(27-16)31-26-28-20-6-5-17(13-19(20)24(34)30-26)37-12-11-33-9-7-32(2)8-10-33;3-2(4,5)1(6)7/h5-6,13-15H,7-12H2,1-4H3,(H2,27,28,29,30,31,34);(H,6,7). The van der Waals surface area contributed by atoms with Crippen LogP contribution in [-0.2, 0) is 4.79 Å². The molecular weight excluding hydrogens is 587 g/mol. The van der Waals surface area contributed by atoms with Gasteiger partial charge in [-0.25, -0.2) is 19.7 Å². The Bertz CT molecular complexity index is 1690. The van der Waals surface area contributed by atoms with E-state index in [9.17, 15) is 18.0 Å². The number of benzene rings is 2. The molecule has 0 saturated carbocycles. The zero-order valence-electron chi connectivity index (χ0n) is 24.5. The molecule has 1 aliphatic rings. The van der Waals surface area contributed by atoms with Crippen molar-refractivity contribution in [1.29, 1.82) is 0 Å². The molecule has 1 fully saturated rings. The minimum atomic E-state index is -5.08. The number of carbonyl (C=O) groups is 1. The van der Waals surface area contributed by atoms with Crippen molar-refractivity contribution < 1.29 is 37.3 Å². The van der Waals surface area contributed by atoms with Crippen molar-refractivity contribution in [3.8, 4) is 17.2 Å². The van der Waals surface area contributed by atoms with Crippen molar-refractivity contribution in [3.05, 3.63) is 46.4 Å². The normalized spacial score (nSPS) is 14.2. The van der Waals surface area contributed by atoms with E-state index in [-0.39, 0.29) is 11.5 Å². The lowest BCUT2D eigenvalue weighted by molar-refractivity contribution is -0.192. The van der Waals surface area contributed by atoms with Crippen molar-refractivity contribution in [3.63, 3.8) is 0 Å². The highest BCUT2D eigenvalue weighted by Gasteiger charge is 2.38. The fourth-order valence-corrected chi connectivity index (χ4v) is 4.40. The van der Waals surface area contributed by atoms with E-state index in [1.54, 1.807) is 32.4 Å². The number of anilines is 2. The van der Waals surface area contributed by atoms with E-state index in [2.05, 4.69) is 42.1 Å². The van der Waals surface area contributed by atoms with Crippen LogP contribution in [0.5, 0.6) is 17.2 Å². The number of carboxylic acids is 1. The van der Waals surface area contributed by atoms with E-state index in [0.29, 0.717) is 46.2 Å². The highest BCUT2D eigenvalue weighted by Crippen LogP contribution is 2.33. The van der Waals surface area contributed by atoms with Crippen molar-refractivity contribution >= 4 is 39.7 Å². The lowest BCUT2D eigenvalue weighted by atomic mass is 10.1. The van der Waals surface area contributed by atoms with Crippen molar-refractivity contribution in [2.45, 2.75) is 13.1 Å². The number of nitrogens with one attached hydrogen (secondary N) is 2. The summed E-state index contributed by atoms with van der Waals surface area (Å²) in [5.74, 6) is -0.382. The molecule has 13 nitrogen and oxygen atoms in total. The summed E-state index contributed by atoms with van der Waals surface area (Å²) in [7, 11) is 5.30. The van der Waals surface area contributed by atoms with Gasteiger partial charge in [-0.3, -0.25) is 20.0 Å². The first-order chi connectivity index (χ1) is 20.9. The van der Waals surface area contributed by atoms with Gasteiger partial charge in [-0.15, -0.1) is 0 Å². The number of carboxylic acid groups (broad SMARTS) is 1. The number of alkyl halides is 3. The van der Waals surface area contributed by atoms with Gasteiger partial charge in [0.05, 0.1) is 36.3 Å². The summed E-state index contributed by atoms with van der Waals surface area (Å²) in [5.41, 5.74) is 1.69. The summed E-state index contributed by atoms with van der Waals surface area (Å²) < 4.78 is 48.4. The number of ether oxygens (including phenoxy) is 3. The third kappa shape index (κ3) is 8.02. The summed E-state index contributed by atoms with van der Waals surface area (Å²) >= 11 is 0. The Hall–Kier alpha value is -4.70. The van der Waals surface area contributed by atoms with Crippen LogP contribution in [0.3, 0.4) is 0 Å². The molecule has 0 aliphatic carbocycles. The number of fused-ring (bicyclic) bond motifs is 2. The van der Waals surface area contributed by atoms with Crippen LogP contribution >= 0.6 is 0 Å². The molecule has 236 valence electrons. The Balaban J connectivity index is 0.000000566. The van der Waals surface area contributed by atoms with Gasteiger partial charge in [-0.2, -0.15) is 13.2 Å². The summed E-state index contributed by atoms with van der Waals surface area (Å²) in [6.45, 7) is 7.52. The van der Waals surface area contributed by atoms with Crippen LogP contribution in [0.15, 0.2) is 35.1 Å². The van der Waals surface area contributed by atoms with E-state index in [4.69, 9.17) is 24.1 Å². The first-order valence-corrected chi connectivity index (χ1v) is 13.4. The molecule has 5 rings (SSSR count). The number of methoxy groups -OCH3 is 2. The third-order valence-electron chi connectivity index (χ3n) is 6.81. The number of aryl methyl sites for hydroxylation is 1. The number of hydrogen-bond donors (Lipinski definition) is 3. The predicted octanol–water partition coefficient (Wildman–Crippen LogP) is 3.20. The molecule has 3 heterocycles. The van der Waals surface area contributed by atoms with Crippen molar-refractivity contribution in [2.24, 2.45) is 0 Å². The molecule has 44 heavy (non-hydrogen) atoms. The van der Waals surface area contributed by atoms with Crippen molar-refractivity contribution in [2.75, 3.05) is 65.9 Å². The monoisotopic (exact) mass is 619 g/mol. The van der Waals surface area contributed by atoms with Crippen LogP contribution in [0.1, 0.15) is 5.69 Å². The van der Waals surface area contributed by atoms with Crippen LogP contribution in [-0.4, -0.2) is 108 Å². The molecule has 0 atom stereocenters. The molecule has 16 heteroatoms. The molecule has 0 spiro atoms. The number of piperazine rings is 1. The fraction of sp³-hybridized carbons (Fsp3) is 0.393. The van der Waals surface area contributed by atoms with E-state index in [1.807, 2.05) is 19.1 Å². The van der Waals surface area contributed by atoms with Gasteiger partial charge in [0.15, 0.2) is 11.5 Å². The maximum Gasteiger partial charge on any atom is 0.490 e. The van der Waals surface area contributed by atoms with Gasteiger partial charge in [-0.05, 0) is 38.2 Å². The lowest BCUT2D eigenvalue weighted by Crippen LogP contribution is -2.45. The molecule has 0 bridgehead atoms. The smallest absolute Gasteiger partial charge is 0.490 e. The summed E-state index contributed by atoms with van der Waals surface area (Å²) in [5, 5.41) is 11.4. The van der Waals surface area contributed by atoms with Gasteiger partial charge in [0, 0.05) is 44.2 Å². The van der Waals surface area contributed by atoms with Gasteiger partial charge < -0.3 is 24.2 Å². The SMILES string of the molecule is COc1cc2nc(Nc3nc4ccc(OCCN5CCN(C)CC5)cc4c(=O)[nH]3)nc(C)c2cc1OC.O=C(O)C(F)(F)F. The number of halogens is 3. The minimum Gasteiger partial charge on any atom is -0.493 e. The molecule has 2 aromatic carbocycles. The van der Waals surface area contributed by atoms with Gasteiger partial charge in [0.25, 0.3) is 5.56 Å². The Morgan fingerprint density at radius 1 is 1.00 bits per heavy atom. The fourth-order valence-electron chi connectivity index (χ4n) is 4.40. The number of rotatable bonds is 8. The second-order valence-electron chi connectivity index (χ2n) is 9.87. The first kappa shape index (κ1) is 32.2. The topological polar surface area (TPSA) is 155 Å². The van der Waals surface area contributed by atoms with Gasteiger partial charge in [0.1, 0.15) is 12.4 Å². The van der Waals surface area contributed by atoms with E-state index < -0.39 is 12.1 Å². The minimum absolute atomic E-state index is 0.250. The number of nitrogens with zero attached hydrogens (tertiary/aromatic N) is 5. The molecule has 1 saturated heterocycles. The number of H-pyrrole nitrogens is 1. The summed E-state index contributed by atoms with van der Waals surface area (Å²) in [6.07, 6.45) is -5.08. The van der Waals surface area contributed by atoms with E-state index in [1.165, 1.54) is 0 Å². The van der Waals surface area contributed by atoms with Gasteiger partial charge in [0.2, 0.25) is 11.9 Å². The third-order valence-corrected chi connectivity index (χ3v) is 6.81. The predicted molar refractivity (Wildman–Crippen MR) is 156 cm³/mol.